The Hall–Kier alpha value is -1.55. The van der Waals surface area contributed by atoms with Crippen molar-refractivity contribution in [2.45, 2.75) is 33.1 Å². The first kappa shape index (κ1) is 15.8. The van der Waals surface area contributed by atoms with Crippen LogP contribution in [0.25, 0.3) is 0 Å². The SMILES string of the molecule is CCOc1ccc(C)cc1CCN1CCC(C(=O)O)CC1. The van der Waals surface area contributed by atoms with Gasteiger partial charge in [-0.1, -0.05) is 17.7 Å². The van der Waals surface area contributed by atoms with Crippen molar-refractivity contribution < 1.29 is 14.6 Å². The number of aliphatic carboxylic acids is 1. The van der Waals surface area contributed by atoms with Crippen molar-refractivity contribution in [1.29, 1.82) is 0 Å². The molecule has 1 N–H and O–H groups in total. The Balaban J connectivity index is 1.89. The van der Waals surface area contributed by atoms with Crippen LogP contribution in [0, 0.1) is 12.8 Å². The quantitative estimate of drug-likeness (QED) is 0.875. The van der Waals surface area contributed by atoms with Gasteiger partial charge in [-0.15, -0.1) is 0 Å². The van der Waals surface area contributed by atoms with Crippen molar-refractivity contribution in [2.24, 2.45) is 5.92 Å². The van der Waals surface area contributed by atoms with Gasteiger partial charge in [0.25, 0.3) is 0 Å². The molecular formula is C17H25NO3. The minimum absolute atomic E-state index is 0.154. The van der Waals surface area contributed by atoms with Crippen LogP contribution in [0.5, 0.6) is 5.75 Å². The van der Waals surface area contributed by atoms with E-state index in [2.05, 4.69) is 24.0 Å². The van der Waals surface area contributed by atoms with Crippen LogP contribution in [0.4, 0.5) is 0 Å². The number of carboxylic acids is 1. The van der Waals surface area contributed by atoms with Crippen LogP contribution in [0.1, 0.15) is 30.9 Å². The molecule has 0 unspecified atom stereocenters. The molecule has 0 bridgehead atoms. The molecule has 1 aromatic carbocycles. The lowest BCUT2D eigenvalue weighted by atomic mass is 9.96. The molecule has 4 nitrogen and oxygen atoms in total. The summed E-state index contributed by atoms with van der Waals surface area (Å²) in [6.07, 6.45) is 2.48. The smallest absolute Gasteiger partial charge is 0.306 e. The molecule has 4 heteroatoms. The first-order valence-electron chi connectivity index (χ1n) is 7.77. The Labute approximate surface area is 126 Å². The van der Waals surface area contributed by atoms with E-state index in [1.807, 2.05) is 13.0 Å². The van der Waals surface area contributed by atoms with Crippen LogP contribution in [-0.4, -0.2) is 42.2 Å². The summed E-state index contributed by atoms with van der Waals surface area (Å²) in [6.45, 7) is 7.51. The number of rotatable bonds is 6. The third-order valence-electron chi connectivity index (χ3n) is 4.15. The van der Waals surface area contributed by atoms with Crippen LogP contribution < -0.4 is 4.74 Å². The summed E-state index contributed by atoms with van der Waals surface area (Å²) in [7, 11) is 0. The average molecular weight is 291 g/mol. The normalized spacial score (nSPS) is 16.9. The van der Waals surface area contributed by atoms with Crippen molar-refractivity contribution in [3.63, 3.8) is 0 Å². The molecule has 0 saturated carbocycles. The van der Waals surface area contributed by atoms with Gasteiger partial charge in [0.1, 0.15) is 5.75 Å². The predicted octanol–water partition coefficient (Wildman–Crippen LogP) is 2.73. The van der Waals surface area contributed by atoms with Crippen molar-refractivity contribution >= 4 is 5.97 Å². The summed E-state index contributed by atoms with van der Waals surface area (Å²) >= 11 is 0. The lowest BCUT2D eigenvalue weighted by Gasteiger charge is -2.30. The largest absolute Gasteiger partial charge is 0.494 e. The Morgan fingerprint density at radius 3 is 2.71 bits per heavy atom. The fourth-order valence-electron chi connectivity index (χ4n) is 2.88. The minimum atomic E-state index is -0.646. The molecule has 0 aliphatic carbocycles. The first-order chi connectivity index (χ1) is 10.1. The van der Waals surface area contributed by atoms with E-state index in [4.69, 9.17) is 9.84 Å². The van der Waals surface area contributed by atoms with Crippen molar-refractivity contribution in [3.05, 3.63) is 29.3 Å². The Kier molecular flexibility index (Phi) is 5.62. The number of carbonyl (C=O) groups is 1. The molecule has 0 amide bonds. The highest BCUT2D eigenvalue weighted by molar-refractivity contribution is 5.70. The second kappa shape index (κ2) is 7.46. The average Bonchev–Trinajstić information content (AvgIpc) is 2.48. The number of aryl methyl sites for hydroxylation is 1. The second-order valence-corrected chi connectivity index (χ2v) is 5.75. The number of hydrogen-bond acceptors (Lipinski definition) is 3. The molecule has 0 atom stereocenters. The number of piperidine rings is 1. The number of carboxylic acid groups (broad SMARTS) is 1. The van der Waals surface area contributed by atoms with Gasteiger partial charge in [0, 0.05) is 6.54 Å². The lowest BCUT2D eigenvalue weighted by molar-refractivity contribution is -0.143. The van der Waals surface area contributed by atoms with Gasteiger partial charge in [-0.3, -0.25) is 4.79 Å². The summed E-state index contributed by atoms with van der Waals surface area (Å²) < 4.78 is 5.68. The summed E-state index contributed by atoms with van der Waals surface area (Å²) in [5.41, 5.74) is 2.50. The summed E-state index contributed by atoms with van der Waals surface area (Å²) in [6, 6.07) is 6.31. The van der Waals surface area contributed by atoms with E-state index in [1.54, 1.807) is 0 Å². The fourth-order valence-corrected chi connectivity index (χ4v) is 2.88. The molecular weight excluding hydrogens is 266 g/mol. The highest BCUT2D eigenvalue weighted by Crippen LogP contribution is 2.22. The third kappa shape index (κ3) is 4.46. The van der Waals surface area contributed by atoms with E-state index >= 15 is 0 Å². The number of nitrogens with zero attached hydrogens (tertiary/aromatic N) is 1. The van der Waals surface area contributed by atoms with Crippen LogP contribution in [0.2, 0.25) is 0 Å². The van der Waals surface area contributed by atoms with Gasteiger partial charge in [0.05, 0.1) is 12.5 Å². The zero-order chi connectivity index (χ0) is 15.2. The maximum atomic E-state index is 11.0. The Morgan fingerprint density at radius 1 is 1.38 bits per heavy atom. The molecule has 1 saturated heterocycles. The molecule has 1 fully saturated rings. The molecule has 0 radical (unpaired) electrons. The maximum Gasteiger partial charge on any atom is 0.306 e. The van der Waals surface area contributed by atoms with E-state index in [-0.39, 0.29) is 5.92 Å². The standard InChI is InChI=1S/C17H25NO3/c1-3-21-16-5-4-13(2)12-15(16)8-11-18-9-6-14(7-10-18)17(19)20/h4-5,12,14H,3,6-11H2,1-2H3,(H,19,20). The van der Waals surface area contributed by atoms with Crippen molar-refractivity contribution in [3.8, 4) is 5.75 Å². The topological polar surface area (TPSA) is 49.8 Å². The van der Waals surface area contributed by atoms with Gasteiger partial charge < -0.3 is 14.7 Å². The monoisotopic (exact) mass is 291 g/mol. The van der Waals surface area contributed by atoms with Crippen LogP contribution >= 0.6 is 0 Å². The van der Waals surface area contributed by atoms with E-state index in [0.717, 1.165) is 44.6 Å². The number of likely N-dealkylation sites (tertiary alicyclic amines) is 1. The third-order valence-corrected chi connectivity index (χ3v) is 4.15. The van der Waals surface area contributed by atoms with Crippen LogP contribution in [-0.2, 0) is 11.2 Å². The van der Waals surface area contributed by atoms with E-state index in [0.29, 0.717) is 6.61 Å². The van der Waals surface area contributed by atoms with E-state index in [1.165, 1.54) is 11.1 Å². The molecule has 0 spiro atoms. The van der Waals surface area contributed by atoms with E-state index < -0.39 is 5.97 Å². The Morgan fingerprint density at radius 2 is 2.10 bits per heavy atom. The van der Waals surface area contributed by atoms with Gasteiger partial charge in [-0.05, 0) is 57.8 Å². The molecule has 116 valence electrons. The van der Waals surface area contributed by atoms with Gasteiger partial charge in [-0.25, -0.2) is 0 Å². The minimum Gasteiger partial charge on any atom is -0.494 e. The molecule has 1 heterocycles. The number of hydrogen-bond donors (Lipinski definition) is 1. The molecule has 21 heavy (non-hydrogen) atoms. The number of ether oxygens (including phenoxy) is 1. The van der Waals surface area contributed by atoms with Gasteiger partial charge in [0.2, 0.25) is 0 Å². The summed E-state index contributed by atoms with van der Waals surface area (Å²) in [5, 5.41) is 9.02. The molecule has 1 aromatic rings. The molecule has 1 aliphatic rings. The van der Waals surface area contributed by atoms with Gasteiger partial charge in [0.15, 0.2) is 0 Å². The Bertz CT molecular complexity index is 479. The molecule has 1 aliphatic heterocycles. The van der Waals surface area contributed by atoms with E-state index in [9.17, 15) is 4.79 Å². The zero-order valence-electron chi connectivity index (χ0n) is 13.0. The first-order valence-corrected chi connectivity index (χ1v) is 7.77. The van der Waals surface area contributed by atoms with Crippen molar-refractivity contribution in [1.82, 2.24) is 4.90 Å². The summed E-state index contributed by atoms with van der Waals surface area (Å²) in [4.78, 5) is 13.3. The maximum absolute atomic E-state index is 11.0. The zero-order valence-corrected chi connectivity index (χ0v) is 13.0. The predicted molar refractivity (Wildman–Crippen MR) is 82.9 cm³/mol. The lowest BCUT2D eigenvalue weighted by Crippen LogP contribution is -2.37. The number of benzene rings is 1. The molecule has 2 rings (SSSR count). The fraction of sp³-hybridized carbons (Fsp3) is 0.588. The second-order valence-electron chi connectivity index (χ2n) is 5.75. The van der Waals surface area contributed by atoms with Gasteiger partial charge >= 0.3 is 5.97 Å². The summed E-state index contributed by atoms with van der Waals surface area (Å²) in [5.74, 6) is 0.176. The molecule has 0 aromatic heterocycles. The van der Waals surface area contributed by atoms with Crippen LogP contribution in [0.15, 0.2) is 18.2 Å². The van der Waals surface area contributed by atoms with Crippen molar-refractivity contribution in [2.75, 3.05) is 26.2 Å². The highest BCUT2D eigenvalue weighted by Gasteiger charge is 2.24. The van der Waals surface area contributed by atoms with Crippen LogP contribution in [0.3, 0.4) is 0 Å². The van der Waals surface area contributed by atoms with Gasteiger partial charge in [-0.2, -0.15) is 0 Å². The highest BCUT2D eigenvalue weighted by atomic mass is 16.5.